The molecule has 6 rings (SSSR count). The largest absolute Gasteiger partial charge is 0.385 e. The third kappa shape index (κ3) is 5.15. The highest BCUT2D eigenvalue weighted by Crippen LogP contribution is 2.42. The van der Waals surface area contributed by atoms with Crippen LogP contribution >= 0.6 is 0 Å². The Hall–Kier alpha value is -4.18. The highest BCUT2D eigenvalue weighted by Gasteiger charge is 2.38. The molecule has 2 fully saturated rings. The molecule has 1 aliphatic heterocycles. The van der Waals surface area contributed by atoms with Crippen molar-refractivity contribution in [3.63, 3.8) is 0 Å². The maximum Gasteiger partial charge on any atom is 0.229 e. The molecular formula is C30H32F2N8O2. The molecule has 2 aliphatic rings. The van der Waals surface area contributed by atoms with Gasteiger partial charge in [-0.3, -0.25) is 4.98 Å². The molecule has 3 aromatic heterocycles. The third-order valence-electron chi connectivity index (χ3n) is 8.23. The van der Waals surface area contributed by atoms with Crippen molar-refractivity contribution in [2.75, 3.05) is 29.9 Å². The van der Waals surface area contributed by atoms with Crippen molar-refractivity contribution < 1.29 is 18.6 Å². The van der Waals surface area contributed by atoms with Gasteiger partial charge in [0.1, 0.15) is 11.6 Å². The van der Waals surface area contributed by atoms with Crippen molar-refractivity contribution in [3.05, 3.63) is 66.1 Å². The lowest BCUT2D eigenvalue weighted by atomic mass is 9.75. The van der Waals surface area contributed by atoms with E-state index in [1.165, 1.54) is 16.6 Å². The number of anilines is 3. The maximum atomic E-state index is 15.2. The molecule has 0 radical (unpaired) electrons. The van der Waals surface area contributed by atoms with E-state index >= 15 is 8.78 Å². The molecule has 4 aromatic rings. The van der Waals surface area contributed by atoms with Gasteiger partial charge in [-0.05, 0) is 55.2 Å². The van der Waals surface area contributed by atoms with Crippen LogP contribution in [0.25, 0.3) is 16.8 Å². The van der Waals surface area contributed by atoms with Crippen molar-refractivity contribution in [2.45, 2.75) is 50.4 Å². The van der Waals surface area contributed by atoms with E-state index in [9.17, 15) is 5.11 Å². The van der Waals surface area contributed by atoms with Crippen molar-refractivity contribution in [1.29, 1.82) is 5.26 Å². The van der Waals surface area contributed by atoms with E-state index in [1.807, 2.05) is 6.07 Å². The van der Waals surface area contributed by atoms with Gasteiger partial charge in [-0.1, -0.05) is 6.92 Å². The number of piperidine rings is 1. The number of hydrogen-bond donors (Lipinski definition) is 3. The molecule has 0 bridgehead atoms. The Balaban J connectivity index is 1.27. The van der Waals surface area contributed by atoms with Crippen LogP contribution in [0.5, 0.6) is 0 Å². The average molecular weight is 575 g/mol. The zero-order chi connectivity index (χ0) is 29.4. The van der Waals surface area contributed by atoms with E-state index in [1.54, 1.807) is 30.7 Å². The van der Waals surface area contributed by atoms with Gasteiger partial charge in [0.25, 0.3) is 0 Å². The number of nitrogens with one attached hydrogen (secondary N) is 1. The van der Waals surface area contributed by atoms with Crippen LogP contribution < -0.4 is 16.0 Å². The van der Waals surface area contributed by atoms with Crippen LogP contribution in [0.15, 0.2) is 48.9 Å². The number of rotatable bonds is 8. The second kappa shape index (κ2) is 11.2. The van der Waals surface area contributed by atoms with Gasteiger partial charge in [-0.15, -0.1) is 0 Å². The number of nitrogens with two attached hydrogens (primary N) is 1. The summed E-state index contributed by atoms with van der Waals surface area (Å²) < 4.78 is 37.8. The van der Waals surface area contributed by atoms with Crippen molar-refractivity contribution >= 4 is 22.8 Å². The van der Waals surface area contributed by atoms with Gasteiger partial charge in [0, 0.05) is 31.2 Å². The van der Waals surface area contributed by atoms with Crippen LogP contribution in [-0.2, 0) is 10.3 Å². The standard InChI is InChI=1S/C30H32F2N8O2/c1-18-16-39(17-23(34)28(18)42-11-3-9-33)26-6-10-35-15-25(26)37-29-36-14-20-4-5-24(38-40(20)29)27-21(31)12-19(13-22(27)32)30(41)7-2-8-30/h4-6,10,12-15,18,23,28,41H,2-3,7-8,11,16-17,34H2,1H3,(H,36,37)/t18-,23+,28-/m0/s1. The Bertz CT molecular complexity index is 1620. The van der Waals surface area contributed by atoms with Crippen LogP contribution in [0.1, 0.15) is 38.2 Å². The summed E-state index contributed by atoms with van der Waals surface area (Å²) in [6, 6.07) is 9.34. The molecule has 1 aromatic carbocycles. The molecule has 12 heteroatoms. The predicted octanol–water partition coefficient (Wildman–Crippen LogP) is 4.27. The average Bonchev–Trinajstić information content (AvgIpc) is 3.35. The van der Waals surface area contributed by atoms with Gasteiger partial charge in [0.15, 0.2) is 0 Å². The number of nitrogens with zero attached hydrogens (tertiary/aromatic N) is 6. The zero-order valence-electron chi connectivity index (χ0n) is 23.2. The molecule has 0 spiro atoms. The minimum atomic E-state index is -1.18. The Morgan fingerprint density at radius 1 is 1.19 bits per heavy atom. The number of halogens is 2. The number of imidazole rings is 1. The summed E-state index contributed by atoms with van der Waals surface area (Å²) in [6.07, 6.45) is 6.93. The van der Waals surface area contributed by atoms with E-state index in [-0.39, 0.29) is 34.9 Å². The number of aliphatic hydroxyl groups is 1. The molecule has 1 saturated carbocycles. The molecule has 1 saturated heterocycles. The molecule has 10 nitrogen and oxygen atoms in total. The van der Waals surface area contributed by atoms with Crippen LogP contribution in [0, 0.1) is 28.9 Å². The highest BCUT2D eigenvalue weighted by atomic mass is 19.1. The minimum absolute atomic E-state index is 0.0929. The van der Waals surface area contributed by atoms with Gasteiger partial charge >= 0.3 is 0 Å². The minimum Gasteiger partial charge on any atom is -0.385 e. The monoisotopic (exact) mass is 574 g/mol. The lowest BCUT2D eigenvalue weighted by Crippen LogP contribution is -2.56. The first-order valence-electron chi connectivity index (χ1n) is 14.0. The first-order valence-corrected chi connectivity index (χ1v) is 14.0. The molecule has 218 valence electrons. The van der Waals surface area contributed by atoms with E-state index in [4.69, 9.17) is 15.7 Å². The number of ether oxygens (including phenoxy) is 1. The molecule has 4 N–H and O–H groups in total. The first kappa shape index (κ1) is 28.0. The Kier molecular flexibility index (Phi) is 7.49. The molecule has 3 atom stereocenters. The molecule has 1 aliphatic carbocycles. The lowest BCUT2D eigenvalue weighted by molar-refractivity contribution is -0.0392. The number of hydrogen-bond acceptors (Lipinski definition) is 9. The number of benzene rings is 1. The van der Waals surface area contributed by atoms with Gasteiger partial charge < -0.3 is 25.8 Å². The SMILES string of the molecule is C[C@H]1CN(c2ccncc2Nc2ncc3ccc(-c4c(F)cc(C5(O)CCC5)cc4F)nn23)C[C@@H](N)[C@H]1OCCC#N. The summed E-state index contributed by atoms with van der Waals surface area (Å²) in [6.45, 7) is 3.64. The second-order valence-electron chi connectivity index (χ2n) is 11.1. The van der Waals surface area contributed by atoms with E-state index in [0.29, 0.717) is 56.1 Å². The molecule has 4 heterocycles. The third-order valence-corrected chi connectivity index (χ3v) is 8.23. The Morgan fingerprint density at radius 2 is 1.98 bits per heavy atom. The van der Waals surface area contributed by atoms with Gasteiger partial charge in [0.2, 0.25) is 5.95 Å². The topological polar surface area (TPSA) is 138 Å². The number of fused-ring (bicyclic) bond motifs is 1. The maximum absolute atomic E-state index is 15.2. The molecular weight excluding hydrogens is 542 g/mol. The van der Waals surface area contributed by atoms with E-state index < -0.39 is 17.2 Å². The van der Waals surface area contributed by atoms with E-state index in [2.05, 4.69) is 38.3 Å². The number of nitriles is 1. The molecule has 42 heavy (non-hydrogen) atoms. The fraction of sp³-hybridized carbons (Fsp3) is 0.400. The van der Waals surface area contributed by atoms with Crippen molar-refractivity contribution in [2.24, 2.45) is 11.7 Å². The summed E-state index contributed by atoms with van der Waals surface area (Å²) in [5.74, 6) is -1.11. The van der Waals surface area contributed by atoms with Gasteiger partial charge in [-0.2, -0.15) is 14.9 Å². The number of aromatic nitrogens is 4. The Morgan fingerprint density at radius 3 is 2.67 bits per heavy atom. The molecule has 0 amide bonds. The summed E-state index contributed by atoms with van der Waals surface area (Å²) in [7, 11) is 0. The fourth-order valence-corrected chi connectivity index (χ4v) is 5.90. The van der Waals surface area contributed by atoms with Gasteiger partial charge in [-0.25, -0.2) is 13.8 Å². The fourth-order valence-electron chi connectivity index (χ4n) is 5.90. The first-order chi connectivity index (χ1) is 20.3. The van der Waals surface area contributed by atoms with Gasteiger partial charge in [0.05, 0.1) is 71.3 Å². The van der Waals surface area contributed by atoms with Crippen LogP contribution in [-0.4, -0.2) is 56.5 Å². The molecule has 0 unspecified atom stereocenters. The van der Waals surface area contributed by atoms with Crippen molar-refractivity contribution in [1.82, 2.24) is 19.6 Å². The second-order valence-corrected chi connectivity index (χ2v) is 11.1. The lowest BCUT2D eigenvalue weighted by Gasteiger charge is -2.42. The summed E-state index contributed by atoms with van der Waals surface area (Å²) >= 11 is 0. The summed E-state index contributed by atoms with van der Waals surface area (Å²) in [4.78, 5) is 10.9. The number of pyridine rings is 1. The van der Waals surface area contributed by atoms with E-state index in [0.717, 1.165) is 12.1 Å². The Labute approximate surface area is 241 Å². The van der Waals surface area contributed by atoms with Crippen LogP contribution in [0.2, 0.25) is 0 Å². The smallest absolute Gasteiger partial charge is 0.229 e. The predicted molar refractivity (Wildman–Crippen MR) is 153 cm³/mol. The quantitative estimate of drug-likeness (QED) is 0.264. The normalized spacial score (nSPS) is 21.6. The summed E-state index contributed by atoms with van der Waals surface area (Å²) in [5.41, 5.74) is 7.53. The zero-order valence-corrected chi connectivity index (χ0v) is 23.2. The highest BCUT2D eigenvalue weighted by molar-refractivity contribution is 5.74. The summed E-state index contributed by atoms with van der Waals surface area (Å²) in [5, 5.41) is 27.2. The van der Waals surface area contributed by atoms with Crippen LogP contribution in [0.3, 0.4) is 0 Å². The van der Waals surface area contributed by atoms with Crippen LogP contribution in [0.4, 0.5) is 26.1 Å². The van der Waals surface area contributed by atoms with Crippen molar-refractivity contribution in [3.8, 4) is 17.3 Å².